The lowest BCUT2D eigenvalue weighted by molar-refractivity contribution is 0.00578. The molecule has 160 valence electrons. The maximum Gasteiger partial charge on any atom is 0.494 e. The first-order valence-corrected chi connectivity index (χ1v) is 11.1. The van der Waals surface area contributed by atoms with Crippen LogP contribution in [0, 0.1) is 0 Å². The Morgan fingerprint density at radius 1 is 0.562 bits per heavy atom. The number of para-hydroxylation sites is 1. The molecule has 0 amide bonds. The van der Waals surface area contributed by atoms with E-state index in [4.69, 9.17) is 9.31 Å². The minimum atomic E-state index is -0.394. The van der Waals surface area contributed by atoms with E-state index in [9.17, 15) is 0 Å². The Balaban J connectivity index is 1.59. The van der Waals surface area contributed by atoms with E-state index in [1.165, 1.54) is 10.8 Å². The van der Waals surface area contributed by atoms with Gasteiger partial charge in [-0.2, -0.15) is 0 Å². The summed E-state index contributed by atoms with van der Waals surface area (Å²) >= 11 is 0. The highest BCUT2D eigenvalue weighted by Gasteiger charge is 2.51. The van der Waals surface area contributed by atoms with Crippen molar-refractivity contribution in [1.82, 2.24) is 0 Å². The quantitative estimate of drug-likeness (QED) is 0.346. The summed E-state index contributed by atoms with van der Waals surface area (Å²) < 4.78 is 12.6. The summed E-state index contributed by atoms with van der Waals surface area (Å²) in [5.74, 6) is 0. The van der Waals surface area contributed by atoms with E-state index in [1.54, 1.807) is 0 Å². The molecule has 0 aromatic heterocycles. The van der Waals surface area contributed by atoms with E-state index < -0.39 is 7.12 Å². The van der Waals surface area contributed by atoms with Gasteiger partial charge in [0.1, 0.15) is 0 Å². The van der Waals surface area contributed by atoms with Crippen LogP contribution in [0.4, 0.5) is 17.1 Å². The highest BCUT2D eigenvalue weighted by Crippen LogP contribution is 2.38. The molecule has 32 heavy (non-hydrogen) atoms. The molecule has 0 radical (unpaired) electrons. The van der Waals surface area contributed by atoms with Crippen LogP contribution in [0.25, 0.3) is 10.8 Å². The maximum atomic E-state index is 6.31. The zero-order chi connectivity index (χ0) is 22.3. The monoisotopic (exact) mass is 421 g/mol. The molecule has 0 aliphatic carbocycles. The fourth-order valence-electron chi connectivity index (χ4n) is 4.13. The SMILES string of the molecule is CC1(C)OB(c2cccc(N(c3ccccc3)c3ccc4ccccc4c3)c2)OC1(C)C. The van der Waals surface area contributed by atoms with Gasteiger partial charge in [-0.15, -0.1) is 0 Å². The second-order valence-corrected chi connectivity index (χ2v) is 9.39. The number of hydrogen-bond donors (Lipinski definition) is 0. The van der Waals surface area contributed by atoms with E-state index in [2.05, 4.69) is 124 Å². The second kappa shape index (κ2) is 7.81. The standard InChI is InChI=1S/C28H28BNO2/c1-27(2)28(3,4)32-29(31-27)23-13-10-16-25(20-23)30(24-14-6-5-7-15-24)26-18-17-21-11-8-9-12-22(21)19-26/h5-20H,1-4H3. The van der Waals surface area contributed by atoms with Crippen LogP contribution >= 0.6 is 0 Å². The minimum Gasteiger partial charge on any atom is -0.399 e. The smallest absolute Gasteiger partial charge is 0.399 e. The molecular formula is C28H28BNO2. The first-order valence-electron chi connectivity index (χ1n) is 11.1. The van der Waals surface area contributed by atoms with E-state index in [0.717, 1.165) is 22.5 Å². The zero-order valence-electron chi connectivity index (χ0n) is 19.1. The summed E-state index contributed by atoms with van der Waals surface area (Å²) in [5.41, 5.74) is 3.56. The average Bonchev–Trinajstić information content (AvgIpc) is 3.02. The number of nitrogens with zero attached hydrogens (tertiary/aromatic N) is 1. The zero-order valence-corrected chi connectivity index (χ0v) is 19.1. The Morgan fingerprint density at radius 2 is 1.16 bits per heavy atom. The third-order valence-electron chi connectivity index (χ3n) is 6.66. The van der Waals surface area contributed by atoms with Gasteiger partial charge < -0.3 is 14.2 Å². The molecule has 0 unspecified atom stereocenters. The molecule has 1 saturated heterocycles. The lowest BCUT2D eigenvalue weighted by Crippen LogP contribution is -2.41. The van der Waals surface area contributed by atoms with Gasteiger partial charge in [0.15, 0.2) is 0 Å². The van der Waals surface area contributed by atoms with Crippen molar-refractivity contribution in [3.63, 3.8) is 0 Å². The Hall–Kier alpha value is -3.08. The van der Waals surface area contributed by atoms with Crippen LogP contribution in [-0.4, -0.2) is 18.3 Å². The molecule has 4 aromatic rings. The lowest BCUT2D eigenvalue weighted by Gasteiger charge is -2.32. The predicted octanol–water partition coefficient (Wildman–Crippen LogP) is 6.61. The molecule has 1 aliphatic rings. The molecule has 1 fully saturated rings. The number of hydrogen-bond acceptors (Lipinski definition) is 3. The van der Waals surface area contributed by atoms with Crippen LogP contribution in [0.5, 0.6) is 0 Å². The predicted molar refractivity (Wildman–Crippen MR) is 134 cm³/mol. The Bertz CT molecular complexity index is 1240. The van der Waals surface area contributed by atoms with Gasteiger partial charge in [-0.05, 0) is 80.3 Å². The molecule has 3 nitrogen and oxygen atoms in total. The molecule has 1 heterocycles. The van der Waals surface area contributed by atoms with E-state index in [-0.39, 0.29) is 11.2 Å². The van der Waals surface area contributed by atoms with Gasteiger partial charge >= 0.3 is 7.12 Å². The number of rotatable bonds is 4. The fraction of sp³-hybridized carbons (Fsp3) is 0.214. The second-order valence-electron chi connectivity index (χ2n) is 9.39. The fourth-order valence-corrected chi connectivity index (χ4v) is 4.13. The first-order chi connectivity index (χ1) is 15.3. The minimum absolute atomic E-state index is 0.370. The Labute approximate surface area is 190 Å². The molecule has 0 spiro atoms. The van der Waals surface area contributed by atoms with Gasteiger partial charge in [-0.25, -0.2) is 0 Å². The topological polar surface area (TPSA) is 21.7 Å². The van der Waals surface area contributed by atoms with Crippen molar-refractivity contribution in [2.75, 3.05) is 4.90 Å². The average molecular weight is 421 g/mol. The number of anilines is 3. The normalized spacial score (nSPS) is 16.9. The summed E-state index contributed by atoms with van der Waals surface area (Å²) in [6.45, 7) is 8.34. The summed E-state index contributed by atoms with van der Waals surface area (Å²) in [7, 11) is -0.394. The highest BCUT2D eigenvalue weighted by atomic mass is 16.7. The third-order valence-corrected chi connectivity index (χ3v) is 6.66. The van der Waals surface area contributed by atoms with Crippen molar-refractivity contribution in [2.24, 2.45) is 0 Å². The van der Waals surface area contributed by atoms with E-state index >= 15 is 0 Å². The van der Waals surface area contributed by atoms with Gasteiger partial charge in [0, 0.05) is 17.1 Å². The molecule has 0 saturated carbocycles. The van der Waals surface area contributed by atoms with Crippen molar-refractivity contribution < 1.29 is 9.31 Å². The summed E-state index contributed by atoms with van der Waals surface area (Å²) in [6.07, 6.45) is 0. The summed E-state index contributed by atoms with van der Waals surface area (Å²) in [4.78, 5) is 2.28. The van der Waals surface area contributed by atoms with Crippen LogP contribution in [-0.2, 0) is 9.31 Å². The summed E-state index contributed by atoms with van der Waals surface area (Å²) in [5, 5.41) is 2.45. The molecule has 1 aliphatic heterocycles. The third kappa shape index (κ3) is 3.70. The first kappa shape index (κ1) is 20.8. The largest absolute Gasteiger partial charge is 0.494 e. The molecule has 4 aromatic carbocycles. The van der Waals surface area contributed by atoms with Gasteiger partial charge in [0.25, 0.3) is 0 Å². The maximum absolute atomic E-state index is 6.31. The van der Waals surface area contributed by atoms with Crippen molar-refractivity contribution in [3.8, 4) is 0 Å². The van der Waals surface area contributed by atoms with E-state index in [0.29, 0.717) is 0 Å². The van der Waals surface area contributed by atoms with Crippen molar-refractivity contribution in [2.45, 2.75) is 38.9 Å². The lowest BCUT2D eigenvalue weighted by atomic mass is 9.79. The molecular weight excluding hydrogens is 393 g/mol. The van der Waals surface area contributed by atoms with Crippen molar-refractivity contribution in [3.05, 3.63) is 97.1 Å². The molecule has 4 heteroatoms. The van der Waals surface area contributed by atoms with Crippen LogP contribution in [0.3, 0.4) is 0 Å². The number of fused-ring (bicyclic) bond motifs is 1. The van der Waals surface area contributed by atoms with Gasteiger partial charge in [0.05, 0.1) is 11.2 Å². The van der Waals surface area contributed by atoms with Crippen molar-refractivity contribution >= 4 is 40.4 Å². The summed E-state index contributed by atoms with van der Waals surface area (Å²) in [6, 6.07) is 34.0. The molecule has 0 N–H and O–H groups in total. The molecule has 5 rings (SSSR count). The van der Waals surface area contributed by atoms with Crippen LogP contribution in [0.2, 0.25) is 0 Å². The number of benzene rings is 4. The van der Waals surface area contributed by atoms with Crippen molar-refractivity contribution in [1.29, 1.82) is 0 Å². The molecule has 0 bridgehead atoms. The highest BCUT2D eigenvalue weighted by molar-refractivity contribution is 6.62. The van der Waals surface area contributed by atoms with Gasteiger partial charge in [-0.1, -0.05) is 60.7 Å². The Morgan fingerprint density at radius 3 is 1.88 bits per heavy atom. The van der Waals surface area contributed by atoms with Gasteiger partial charge in [-0.3, -0.25) is 0 Å². The van der Waals surface area contributed by atoms with Gasteiger partial charge in [0.2, 0.25) is 0 Å². The Kier molecular flexibility index (Phi) is 5.08. The molecule has 0 atom stereocenters. The van der Waals surface area contributed by atoms with Crippen LogP contribution < -0.4 is 10.4 Å². The van der Waals surface area contributed by atoms with Crippen LogP contribution in [0.15, 0.2) is 97.1 Å². The van der Waals surface area contributed by atoms with E-state index in [1.807, 2.05) is 6.07 Å². The van der Waals surface area contributed by atoms with Crippen LogP contribution in [0.1, 0.15) is 27.7 Å².